The Hall–Kier alpha value is -3.87. The third-order valence-corrected chi connectivity index (χ3v) is 6.64. The number of benzene rings is 2. The molecule has 2 heterocycles. The van der Waals surface area contributed by atoms with E-state index in [1.165, 1.54) is 0 Å². The molecule has 4 aromatic rings. The SMILES string of the molecule is CCCCC1C=CC(F)=CC1(Cc1ccc(-c2ccccc2-c2nnn[nH]2)cc1)c1ncc[nH]1. The number of unbranched alkanes of at least 4 members (excludes halogenated alkanes) is 1. The Balaban J connectivity index is 1.49. The van der Waals surface area contributed by atoms with Gasteiger partial charge in [-0.3, -0.25) is 0 Å². The van der Waals surface area contributed by atoms with Gasteiger partial charge in [-0.15, -0.1) is 5.10 Å². The molecule has 0 radical (unpaired) electrons. The number of halogens is 1. The highest BCUT2D eigenvalue weighted by molar-refractivity contribution is 5.80. The number of aromatic nitrogens is 6. The molecule has 1 aliphatic carbocycles. The van der Waals surface area contributed by atoms with Crippen LogP contribution in [-0.4, -0.2) is 30.6 Å². The molecule has 172 valence electrons. The molecule has 0 saturated carbocycles. The van der Waals surface area contributed by atoms with Gasteiger partial charge >= 0.3 is 0 Å². The number of imidazole rings is 1. The molecule has 2 aromatic heterocycles. The van der Waals surface area contributed by atoms with Crippen molar-refractivity contribution >= 4 is 0 Å². The van der Waals surface area contributed by atoms with E-state index in [1.807, 2.05) is 30.5 Å². The number of nitrogens with zero attached hydrogens (tertiary/aromatic N) is 4. The number of hydrogen-bond acceptors (Lipinski definition) is 4. The van der Waals surface area contributed by atoms with Gasteiger partial charge in [0.25, 0.3) is 0 Å². The van der Waals surface area contributed by atoms with Crippen LogP contribution in [0.4, 0.5) is 4.39 Å². The Kier molecular flexibility index (Phi) is 6.16. The summed E-state index contributed by atoms with van der Waals surface area (Å²) in [6, 6.07) is 16.5. The molecular weight excluding hydrogens is 427 g/mol. The maximum Gasteiger partial charge on any atom is 0.180 e. The highest BCUT2D eigenvalue weighted by atomic mass is 19.1. The lowest BCUT2D eigenvalue weighted by Crippen LogP contribution is -2.38. The van der Waals surface area contributed by atoms with Crippen LogP contribution in [-0.2, 0) is 11.8 Å². The molecule has 0 spiro atoms. The minimum Gasteiger partial charge on any atom is -0.348 e. The van der Waals surface area contributed by atoms with Gasteiger partial charge in [0.15, 0.2) is 5.82 Å². The first-order valence-electron chi connectivity index (χ1n) is 11.7. The zero-order valence-electron chi connectivity index (χ0n) is 19.1. The number of hydrogen-bond donors (Lipinski definition) is 2. The summed E-state index contributed by atoms with van der Waals surface area (Å²) in [5.74, 6) is 1.39. The Labute approximate surface area is 198 Å². The van der Waals surface area contributed by atoms with Crippen LogP contribution in [0.15, 0.2) is 85.0 Å². The van der Waals surface area contributed by atoms with E-state index in [4.69, 9.17) is 0 Å². The van der Waals surface area contributed by atoms with E-state index in [1.54, 1.807) is 18.3 Å². The number of rotatable bonds is 8. The zero-order valence-corrected chi connectivity index (χ0v) is 19.1. The van der Waals surface area contributed by atoms with Gasteiger partial charge in [-0.1, -0.05) is 74.4 Å². The van der Waals surface area contributed by atoms with Gasteiger partial charge in [0.1, 0.15) is 11.7 Å². The molecule has 34 heavy (non-hydrogen) atoms. The number of allylic oxidation sites excluding steroid dienone is 4. The third kappa shape index (κ3) is 4.21. The smallest absolute Gasteiger partial charge is 0.180 e. The molecule has 1 aliphatic rings. The quantitative estimate of drug-likeness (QED) is 0.344. The van der Waals surface area contributed by atoms with Crippen molar-refractivity contribution in [2.75, 3.05) is 0 Å². The topological polar surface area (TPSA) is 83.1 Å². The average Bonchev–Trinajstić information content (AvgIpc) is 3.59. The van der Waals surface area contributed by atoms with Crippen molar-refractivity contribution in [3.05, 3.63) is 96.4 Å². The van der Waals surface area contributed by atoms with Crippen LogP contribution in [0.25, 0.3) is 22.5 Å². The van der Waals surface area contributed by atoms with Crippen molar-refractivity contribution < 1.29 is 4.39 Å². The van der Waals surface area contributed by atoms with E-state index in [2.05, 4.69) is 67.8 Å². The van der Waals surface area contributed by atoms with E-state index in [9.17, 15) is 4.39 Å². The second kappa shape index (κ2) is 9.55. The molecular formula is C27H27FN6. The Bertz CT molecular complexity index is 1280. The van der Waals surface area contributed by atoms with Crippen LogP contribution >= 0.6 is 0 Å². The van der Waals surface area contributed by atoms with Crippen LogP contribution in [0.2, 0.25) is 0 Å². The van der Waals surface area contributed by atoms with Crippen LogP contribution in [0.3, 0.4) is 0 Å². The first-order valence-corrected chi connectivity index (χ1v) is 11.7. The summed E-state index contributed by atoms with van der Waals surface area (Å²) in [6.07, 6.45) is 12.7. The molecule has 0 bridgehead atoms. The van der Waals surface area contributed by atoms with Crippen molar-refractivity contribution in [2.24, 2.45) is 5.92 Å². The average molecular weight is 455 g/mol. The number of tetrazole rings is 1. The van der Waals surface area contributed by atoms with Crippen LogP contribution in [0.1, 0.15) is 37.6 Å². The van der Waals surface area contributed by atoms with Gasteiger partial charge in [0.05, 0.1) is 5.41 Å². The Morgan fingerprint density at radius 3 is 2.59 bits per heavy atom. The molecule has 2 aromatic carbocycles. The van der Waals surface area contributed by atoms with Gasteiger partial charge < -0.3 is 4.98 Å². The summed E-state index contributed by atoms with van der Waals surface area (Å²) in [5, 5.41) is 14.3. The molecule has 2 unspecified atom stereocenters. The summed E-state index contributed by atoms with van der Waals surface area (Å²) < 4.78 is 14.6. The van der Waals surface area contributed by atoms with Gasteiger partial charge in [-0.05, 0) is 58.0 Å². The summed E-state index contributed by atoms with van der Waals surface area (Å²) in [5.41, 5.74) is 3.62. The molecule has 6 nitrogen and oxygen atoms in total. The molecule has 0 aliphatic heterocycles. The van der Waals surface area contributed by atoms with Gasteiger partial charge in [0, 0.05) is 18.0 Å². The predicted molar refractivity (Wildman–Crippen MR) is 130 cm³/mol. The molecule has 0 amide bonds. The summed E-state index contributed by atoms with van der Waals surface area (Å²) in [4.78, 5) is 7.86. The number of H-pyrrole nitrogens is 2. The van der Waals surface area contributed by atoms with E-state index in [0.29, 0.717) is 12.2 Å². The Morgan fingerprint density at radius 2 is 1.88 bits per heavy atom. The van der Waals surface area contributed by atoms with E-state index < -0.39 is 5.41 Å². The van der Waals surface area contributed by atoms with Gasteiger partial charge in [-0.2, -0.15) is 0 Å². The molecule has 2 atom stereocenters. The molecule has 2 N–H and O–H groups in total. The molecule has 0 fully saturated rings. The monoisotopic (exact) mass is 454 g/mol. The van der Waals surface area contributed by atoms with Crippen molar-refractivity contribution in [3.63, 3.8) is 0 Å². The number of nitrogens with one attached hydrogen (secondary N) is 2. The minimum absolute atomic E-state index is 0.164. The van der Waals surface area contributed by atoms with E-state index in [-0.39, 0.29) is 11.7 Å². The fourth-order valence-corrected chi connectivity index (χ4v) is 4.94. The fraction of sp³-hybridized carbons (Fsp3) is 0.259. The maximum absolute atomic E-state index is 14.6. The first-order chi connectivity index (χ1) is 16.7. The summed E-state index contributed by atoms with van der Waals surface area (Å²) in [6.45, 7) is 2.18. The van der Waals surface area contributed by atoms with Crippen molar-refractivity contribution in [3.8, 4) is 22.5 Å². The lowest BCUT2D eigenvalue weighted by molar-refractivity contribution is 0.333. The third-order valence-electron chi connectivity index (χ3n) is 6.64. The van der Waals surface area contributed by atoms with Crippen molar-refractivity contribution in [2.45, 2.75) is 38.0 Å². The van der Waals surface area contributed by atoms with E-state index in [0.717, 1.165) is 47.3 Å². The van der Waals surface area contributed by atoms with E-state index >= 15 is 0 Å². The highest BCUT2D eigenvalue weighted by Crippen LogP contribution is 2.43. The summed E-state index contributed by atoms with van der Waals surface area (Å²) in [7, 11) is 0. The Morgan fingerprint density at radius 1 is 1.06 bits per heavy atom. The second-order valence-electron chi connectivity index (χ2n) is 8.78. The van der Waals surface area contributed by atoms with Crippen LogP contribution in [0.5, 0.6) is 0 Å². The van der Waals surface area contributed by atoms with Crippen LogP contribution in [0, 0.1) is 5.92 Å². The highest BCUT2D eigenvalue weighted by Gasteiger charge is 2.41. The lowest BCUT2D eigenvalue weighted by Gasteiger charge is -2.38. The first kappa shape index (κ1) is 21.9. The van der Waals surface area contributed by atoms with Crippen LogP contribution < -0.4 is 0 Å². The predicted octanol–water partition coefficient (Wildman–Crippen LogP) is 5.97. The lowest BCUT2D eigenvalue weighted by atomic mass is 9.66. The van der Waals surface area contributed by atoms with Gasteiger partial charge in [0.2, 0.25) is 0 Å². The standard InChI is InChI=1S/C27H27FN6/c1-2-3-6-21-13-14-22(28)18-27(21,26-29-15-16-30-26)17-19-9-11-20(12-10-19)23-7-4-5-8-24(23)25-31-33-34-32-25/h4-5,7-16,18,21H,2-3,6,17H2,1H3,(H,29,30)(H,31,32,33,34). The molecule has 7 heteroatoms. The largest absolute Gasteiger partial charge is 0.348 e. The zero-order chi connectivity index (χ0) is 23.4. The normalized spacial score (nSPS) is 19.8. The molecule has 5 rings (SSSR count). The maximum atomic E-state index is 14.6. The number of aromatic amines is 2. The molecule has 0 saturated heterocycles. The van der Waals surface area contributed by atoms with Crippen molar-refractivity contribution in [1.82, 2.24) is 30.6 Å². The second-order valence-corrected chi connectivity index (χ2v) is 8.78. The minimum atomic E-state index is -0.553. The van der Waals surface area contributed by atoms with Crippen molar-refractivity contribution in [1.29, 1.82) is 0 Å². The summed E-state index contributed by atoms with van der Waals surface area (Å²) >= 11 is 0. The van der Waals surface area contributed by atoms with Gasteiger partial charge in [-0.25, -0.2) is 14.5 Å². The fourth-order valence-electron chi connectivity index (χ4n) is 4.94.